The average Bonchev–Trinajstić information content (AvgIpc) is 2.56. The molecule has 0 amide bonds. The van der Waals surface area contributed by atoms with E-state index in [-0.39, 0.29) is 0 Å². The van der Waals surface area contributed by atoms with Crippen molar-refractivity contribution in [1.29, 1.82) is 0 Å². The van der Waals surface area contributed by atoms with E-state index in [2.05, 4.69) is 24.8 Å². The molecule has 2 aromatic rings. The van der Waals surface area contributed by atoms with Crippen LogP contribution in [-0.2, 0) is 0 Å². The van der Waals surface area contributed by atoms with Crippen molar-refractivity contribution in [3.63, 3.8) is 0 Å². The summed E-state index contributed by atoms with van der Waals surface area (Å²) in [6.07, 6.45) is 7.38. The van der Waals surface area contributed by atoms with Crippen molar-refractivity contribution in [3.8, 4) is 5.88 Å². The van der Waals surface area contributed by atoms with Crippen molar-refractivity contribution in [2.75, 3.05) is 25.1 Å². The highest BCUT2D eigenvalue weighted by Crippen LogP contribution is 2.27. The maximum Gasteiger partial charge on any atom is 0.228 e. The van der Waals surface area contributed by atoms with Crippen LogP contribution in [0, 0.1) is 0 Å². The number of hydrogen-bond donors (Lipinski definition) is 0. The van der Waals surface area contributed by atoms with E-state index in [1.54, 1.807) is 31.8 Å². The second kappa shape index (κ2) is 5.81. The maximum absolute atomic E-state index is 5.14. The number of methoxy groups -OCH3 is 1. The van der Waals surface area contributed by atoms with Crippen LogP contribution in [0.5, 0.6) is 5.88 Å². The Hall–Kier alpha value is -2.24. The number of hydrogen-bond acceptors (Lipinski definition) is 6. The summed E-state index contributed by atoms with van der Waals surface area (Å²) < 4.78 is 5.14. The Labute approximate surface area is 117 Å². The lowest BCUT2D eigenvalue weighted by Gasteiger charge is -2.31. The molecule has 0 atom stereocenters. The van der Waals surface area contributed by atoms with Crippen LogP contribution in [0.4, 0.5) is 5.95 Å². The van der Waals surface area contributed by atoms with Crippen LogP contribution in [0.2, 0.25) is 0 Å². The van der Waals surface area contributed by atoms with Crippen molar-refractivity contribution < 1.29 is 4.74 Å². The van der Waals surface area contributed by atoms with Gasteiger partial charge in [0.05, 0.1) is 7.11 Å². The maximum atomic E-state index is 5.14. The summed E-state index contributed by atoms with van der Waals surface area (Å²) in [6, 6.07) is 3.61. The van der Waals surface area contributed by atoms with Gasteiger partial charge in [0.1, 0.15) is 5.82 Å². The van der Waals surface area contributed by atoms with Gasteiger partial charge in [-0.2, -0.15) is 4.98 Å². The summed E-state index contributed by atoms with van der Waals surface area (Å²) in [6.45, 7) is 1.83. The highest BCUT2D eigenvalue weighted by Gasteiger charge is 2.23. The van der Waals surface area contributed by atoms with Gasteiger partial charge in [-0.3, -0.25) is 0 Å². The zero-order valence-corrected chi connectivity index (χ0v) is 11.4. The van der Waals surface area contributed by atoms with E-state index in [0.717, 1.165) is 37.7 Å². The molecule has 1 saturated heterocycles. The molecule has 1 aliphatic rings. The highest BCUT2D eigenvalue weighted by atomic mass is 16.5. The SMILES string of the molecule is COc1ccnc(N2CCC(c3ncccn3)CC2)n1. The third kappa shape index (κ3) is 2.68. The molecular weight excluding hydrogens is 254 g/mol. The third-order valence-corrected chi connectivity index (χ3v) is 3.56. The van der Waals surface area contributed by atoms with E-state index >= 15 is 0 Å². The quantitative estimate of drug-likeness (QED) is 0.846. The summed E-state index contributed by atoms with van der Waals surface area (Å²) in [7, 11) is 1.62. The fraction of sp³-hybridized carbons (Fsp3) is 0.429. The summed E-state index contributed by atoms with van der Waals surface area (Å²) >= 11 is 0. The molecule has 3 rings (SSSR count). The molecule has 1 aliphatic heterocycles. The number of rotatable bonds is 3. The first kappa shape index (κ1) is 12.8. The Morgan fingerprint density at radius 3 is 2.55 bits per heavy atom. The smallest absolute Gasteiger partial charge is 0.228 e. The molecule has 1 fully saturated rings. The molecule has 0 spiro atoms. The van der Waals surface area contributed by atoms with E-state index in [1.807, 2.05) is 6.07 Å². The van der Waals surface area contributed by atoms with Gasteiger partial charge in [-0.1, -0.05) is 0 Å². The van der Waals surface area contributed by atoms with Gasteiger partial charge >= 0.3 is 0 Å². The molecule has 104 valence electrons. The molecule has 20 heavy (non-hydrogen) atoms. The highest BCUT2D eigenvalue weighted by molar-refractivity contribution is 5.33. The van der Waals surface area contributed by atoms with Crippen LogP contribution in [0.25, 0.3) is 0 Å². The molecule has 3 heterocycles. The fourth-order valence-corrected chi connectivity index (χ4v) is 2.46. The van der Waals surface area contributed by atoms with Crippen molar-refractivity contribution in [1.82, 2.24) is 19.9 Å². The second-order valence-corrected chi connectivity index (χ2v) is 4.77. The number of anilines is 1. The van der Waals surface area contributed by atoms with Gasteiger partial charge < -0.3 is 9.64 Å². The predicted octanol–water partition coefficient (Wildman–Crippen LogP) is 1.66. The molecule has 0 aliphatic carbocycles. The second-order valence-electron chi connectivity index (χ2n) is 4.77. The Bertz CT molecular complexity index is 555. The number of nitrogens with zero attached hydrogens (tertiary/aromatic N) is 5. The third-order valence-electron chi connectivity index (χ3n) is 3.56. The molecule has 0 unspecified atom stereocenters. The van der Waals surface area contributed by atoms with Crippen molar-refractivity contribution in [3.05, 3.63) is 36.5 Å². The minimum atomic E-state index is 0.429. The molecule has 6 heteroatoms. The van der Waals surface area contributed by atoms with Gasteiger partial charge in [0.2, 0.25) is 11.8 Å². The molecule has 0 aromatic carbocycles. The average molecular weight is 271 g/mol. The summed E-state index contributed by atoms with van der Waals surface area (Å²) in [5, 5.41) is 0. The lowest BCUT2D eigenvalue weighted by atomic mass is 9.96. The molecule has 0 saturated carbocycles. The van der Waals surface area contributed by atoms with Crippen molar-refractivity contribution >= 4 is 5.95 Å². The van der Waals surface area contributed by atoms with Crippen LogP contribution >= 0.6 is 0 Å². The first-order chi connectivity index (χ1) is 9.86. The van der Waals surface area contributed by atoms with E-state index < -0.39 is 0 Å². The van der Waals surface area contributed by atoms with Gasteiger partial charge in [0.15, 0.2) is 0 Å². The van der Waals surface area contributed by atoms with Crippen LogP contribution in [0.3, 0.4) is 0 Å². The molecule has 2 aromatic heterocycles. The van der Waals surface area contributed by atoms with Gasteiger partial charge in [-0.15, -0.1) is 0 Å². The van der Waals surface area contributed by atoms with Crippen LogP contribution < -0.4 is 9.64 Å². The van der Waals surface area contributed by atoms with Gasteiger partial charge in [0.25, 0.3) is 0 Å². The molecular formula is C14H17N5O. The summed E-state index contributed by atoms with van der Waals surface area (Å²) in [4.78, 5) is 19.6. The number of ether oxygens (including phenoxy) is 1. The summed E-state index contributed by atoms with van der Waals surface area (Å²) in [5.41, 5.74) is 0. The van der Waals surface area contributed by atoms with E-state index in [9.17, 15) is 0 Å². The van der Waals surface area contributed by atoms with Crippen LogP contribution in [0.1, 0.15) is 24.6 Å². The van der Waals surface area contributed by atoms with E-state index in [1.165, 1.54) is 0 Å². The Morgan fingerprint density at radius 1 is 1.10 bits per heavy atom. The summed E-state index contributed by atoms with van der Waals surface area (Å²) in [5.74, 6) is 2.71. The predicted molar refractivity (Wildman–Crippen MR) is 74.8 cm³/mol. The normalized spacial score (nSPS) is 16.1. The van der Waals surface area contributed by atoms with Crippen LogP contribution in [-0.4, -0.2) is 40.1 Å². The molecule has 0 N–H and O–H groups in total. The van der Waals surface area contributed by atoms with Gasteiger partial charge in [0, 0.05) is 43.7 Å². The van der Waals surface area contributed by atoms with Crippen molar-refractivity contribution in [2.45, 2.75) is 18.8 Å². The standard InChI is InChI=1S/C14H17N5O/c1-20-12-3-8-17-14(18-12)19-9-4-11(5-10-19)13-15-6-2-7-16-13/h2-3,6-8,11H,4-5,9-10H2,1H3. The Morgan fingerprint density at radius 2 is 1.85 bits per heavy atom. The zero-order valence-electron chi connectivity index (χ0n) is 11.4. The van der Waals surface area contributed by atoms with E-state index in [0.29, 0.717) is 11.8 Å². The largest absolute Gasteiger partial charge is 0.481 e. The molecule has 6 nitrogen and oxygen atoms in total. The Balaban J connectivity index is 1.66. The number of aromatic nitrogens is 4. The van der Waals surface area contributed by atoms with Crippen molar-refractivity contribution in [2.24, 2.45) is 0 Å². The Kier molecular flexibility index (Phi) is 3.71. The van der Waals surface area contributed by atoms with Gasteiger partial charge in [-0.05, 0) is 18.9 Å². The minimum Gasteiger partial charge on any atom is -0.481 e. The zero-order chi connectivity index (χ0) is 13.8. The van der Waals surface area contributed by atoms with E-state index in [4.69, 9.17) is 4.74 Å². The fourth-order valence-electron chi connectivity index (χ4n) is 2.46. The molecule has 0 radical (unpaired) electrons. The minimum absolute atomic E-state index is 0.429. The lowest BCUT2D eigenvalue weighted by Crippen LogP contribution is -2.34. The molecule has 0 bridgehead atoms. The van der Waals surface area contributed by atoms with Crippen LogP contribution in [0.15, 0.2) is 30.7 Å². The first-order valence-electron chi connectivity index (χ1n) is 6.75. The first-order valence-corrected chi connectivity index (χ1v) is 6.75. The number of piperidine rings is 1. The topological polar surface area (TPSA) is 64.0 Å². The van der Waals surface area contributed by atoms with Gasteiger partial charge in [-0.25, -0.2) is 15.0 Å². The lowest BCUT2D eigenvalue weighted by molar-refractivity contribution is 0.395. The monoisotopic (exact) mass is 271 g/mol.